The molecule has 0 spiro atoms. The Hall–Kier alpha value is -2.61. The summed E-state index contributed by atoms with van der Waals surface area (Å²) in [5.41, 5.74) is 0.562. The monoisotopic (exact) mass is 319 g/mol. The minimum absolute atomic E-state index is 0.0785. The van der Waals surface area contributed by atoms with Gasteiger partial charge in [0.25, 0.3) is 5.69 Å². The number of thioether (sulfide) groups is 1. The van der Waals surface area contributed by atoms with Crippen molar-refractivity contribution in [3.8, 4) is 5.75 Å². The molecule has 0 aliphatic carbocycles. The van der Waals surface area contributed by atoms with E-state index in [2.05, 4.69) is 10.3 Å². The molecule has 22 heavy (non-hydrogen) atoms. The Morgan fingerprint density at radius 1 is 1.41 bits per heavy atom. The zero-order chi connectivity index (χ0) is 15.9. The molecule has 0 unspecified atom stereocenters. The fourth-order valence-electron chi connectivity index (χ4n) is 1.60. The van der Waals surface area contributed by atoms with E-state index in [0.717, 1.165) is 0 Å². The van der Waals surface area contributed by atoms with Crippen molar-refractivity contribution in [2.75, 3.05) is 18.2 Å². The van der Waals surface area contributed by atoms with Gasteiger partial charge in [-0.1, -0.05) is 17.8 Å². The summed E-state index contributed by atoms with van der Waals surface area (Å²) in [6.07, 6.45) is 1.17. The van der Waals surface area contributed by atoms with Crippen molar-refractivity contribution in [1.29, 1.82) is 0 Å². The van der Waals surface area contributed by atoms with Crippen molar-refractivity contribution >= 4 is 29.0 Å². The number of anilines is 1. The third kappa shape index (κ3) is 4.45. The number of rotatable bonds is 6. The molecule has 2 aromatic rings. The molecular weight excluding hydrogens is 306 g/mol. The van der Waals surface area contributed by atoms with Gasteiger partial charge < -0.3 is 10.1 Å². The molecule has 0 bridgehead atoms. The minimum atomic E-state index is -0.517. The van der Waals surface area contributed by atoms with Gasteiger partial charge in [-0.25, -0.2) is 4.98 Å². The first-order valence-corrected chi connectivity index (χ1v) is 7.24. The Morgan fingerprint density at radius 3 is 2.86 bits per heavy atom. The summed E-state index contributed by atoms with van der Waals surface area (Å²) < 4.78 is 5.07. The lowest BCUT2D eigenvalue weighted by atomic mass is 10.3. The molecule has 0 saturated heterocycles. The molecule has 114 valence electrons. The van der Waals surface area contributed by atoms with Crippen molar-refractivity contribution in [3.63, 3.8) is 0 Å². The Bertz CT molecular complexity index is 676. The Balaban J connectivity index is 1.88. The standard InChI is InChI=1S/C14H13N3O4S/c1-21-12-4-2-3-10(7-12)16-13(18)9-22-14-6-5-11(8-15-14)17(19)20/h2-8H,9H2,1H3,(H,16,18). The lowest BCUT2D eigenvalue weighted by Gasteiger charge is -2.06. The molecule has 7 nitrogen and oxygen atoms in total. The van der Waals surface area contributed by atoms with Crippen molar-refractivity contribution in [2.45, 2.75) is 5.03 Å². The summed E-state index contributed by atoms with van der Waals surface area (Å²) in [6.45, 7) is 0. The van der Waals surface area contributed by atoms with Crippen molar-refractivity contribution in [1.82, 2.24) is 4.98 Å². The minimum Gasteiger partial charge on any atom is -0.497 e. The molecule has 2 rings (SSSR count). The third-order valence-corrected chi connectivity index (χ3v) is 3.58. The number of nitrogens with zero attached hydrogens (tertiary/aromatic N) is 2. The predicted octanol–water partition coefficient (Wildman–Crippen LogP) is 2.73. The maximum absolute atomic E-state index is 11.9. The smallest absolute Gasteiger partial charge is 0.287 e. The Kier molecular flexibility index (Phi) is 5.31. The number of amides is 1. The second kappa shape index (κ2) is 7.41. The van der Waals surface area contributed by atoms with Crippen LogP contribution in [0, 0.1) is 10.1 Å². The molecule has 1 aromatic carbocycles. The largest absolute Gasteiger partial charge is 0.497 e. The highest BCUT2D eigenvalue weighted by atomic mass is 32.2. The van der Waals surface area contributed by atoms with Crippen LogP contribution in [-0.2, 0) is 4.79 Å². The van der Waals surface area contributed by atoms with E-state index in [-0.39, 0.29) is 17.3 Å². The third-order valence-electron chi connectivity index (χ3n) is 2.64. The van der Waals surface area contributed by atoms with Crippen LogP contribution < -0.4 is 10.1 Å². The number of carbonyl (C=O) groups excluding carboxylic acids is 1. The average molecular weight is 319 g/mol. The van der Waals surface area contributed by atoms with E-state index < -0.39 is 4.92 Å². The first-order chi connectivity index (χ1) is 10.6. The lowest BCUT2D eigenvalue weighted by molar-refractivity contribution is -0.385. The van der Waals surface area contributed by atoms with Crippen LogP contribution in [-0.4, -0.2) is 28.7 Å². The summed E-state index contributed by atoms with van der Waals surface area (Å²) in [5, 5.41) is 13.8. The summed E-state index contributed by atoms with van der Waals surface area (Å²) in [4.78, 5) is 25.8. The molecule has 0 aliphatic rings. The summed E-state index contributed by atoms with van der Waals surface area (Å²) in [6, 6.07) is 9.91. The van der Waals surface area contributed by atoms with E-state index in [0.29, 0.717) is 16.5 Å². The zero-order valence-corrected chi connectivity index (χ0v) is 12.5. The van der Waals surface area contributed by atoms with Crippen LogP contribution in [0.3, 0.4) is 0 Å². The Labute approximate surface area is 130 Å². The molecule has 0 radical (unpaired) electrons. The van der Waals surface area contributed by atoms with Crippen molar-refractivity contribution < 1.29 is 14.5 Å². The maximum atomic E-state index is 11.9. The van der Waals surface area contributed by atoms with Crippen LogP contribution in [0.1, 0.15) is 0 Å². The highest BCUT2D eigenvalue weighted by molar-refractivity contribution is 7.99. The number of aromatic nitrogens is 1. The average Bonchev–Trinajstić information content (AvgIpc) is 2.53. The molecule has 1 N–H and O–H groups in total. The second-order valence-corrected chi connectivity index (χ2v) is 5.18. The van der Waals surface area contributed by atoms with Crippen LogP contribution in [0.2, 0.25) is 0 Å². The lowest BCUT2D eigenvalue weighted by Crippen LogP contribution is -2.14. The molecule has 8 heteroatoms. The highest BCUT2D eigenvalue weighted by Crippen LogP contribution is 2.20. The molecule has 0 fully saturated rings. The normalized spacial score (nSPS) is 10.0. The highest BCUT2D eigenvalue weighted by Gasteiger charge is 2.08. The zero-order valence-electron chi connectivity index (χ0n) is 11.7. The molecule has 1 heterocycles. The van der Waals surface area contributed by atoms with E-state index >= 15 is 0 Å². The molecule has 1 amide bonds. The molecule has 0 aliphatic heterocycles. The number of ether oxygens (including phenoxy) is 1. The van der Waals surface area contributed by atoms with Crippen LogP contribution in [0.25, 0.3) is 0 Å². The first kappa shape index (κ1) is 15.8. The van der Waals surface area contributed by atoms with Gasteiger partial charge in [0.1, 0.15) is 11.9 Å². The summed E-state index contributed by atoms with van der Waals surface area (Å²) in [7, 11) is 1.55. The van der Waals surface area contributed by atoms with E-state index in [1.165, 1.54) is 30.1 Å². The van der Waals surface area contributed by atoms with E-state index in [9.17, 15) is 14.9 Å². The number of hydrogen-bond acceptors (Lipinski definition) is 6. The second-order valence-electron chi connectivity index (χ2n) is 4.18. The number of methoxy groups -OCH3 is 1. The number of pyridine rings is 1. The van der Waals surface area contributed by atoms with Crippen LogP contribution in [0.4, 0.5) is 11.4 Å². The summed E-state index contributed by atoms with van der Waals surface area (Å²) in [5.74, 6) is 0.614. The van der Waals surface area contributed by atoms with Crippen LogP contribution in [0.5, 0.6) is 5.75 Å². The molecule has 1 aromatic heterocycles. The van der Waals surface area contributed by atoms with Crippen LogP contribution >= 0.6 is 11.8 Å². The van der Waals surface area contributed by atoms with Crippen LogP contribution in [0.15, 0.2) is 47.6 Å². The van der Waals surface area contributed by atoms with Gasteiger partial charge in [-0.2, -0.15) is 0 Å². The number of hydrogen-bond donors (Lipinski definition) is 1. The van der Waals surface area contributed by atoms with Gasteiger partial charge in [-0.3, -0.25) is 14.9 Å². The number of nitro groups is 1. The molecule has 0 saturated carbocycles. The van der Waals surface area contributed by atoms with Gasteiger partial charge in [0.15, 0.2) is 0 Å². The van der Waals surface area contributed by atoms with E-state index in [4.69, 9.17) is 4.74 Å². The molecular formula is C14H13N3O4S. The predicted molar refractivity (Wildman–Crippen MR) is 83.2 cm³/mol. The number of carbonyl (C=O) groups is 1. The van der Waals surface area contributed by atoms with Gasteiger partial charge >= 0.3 is 0 Å². The topological polar surface area (TPSA) is 94.4 Å². The summed E-state index contributed by atoms with van der Waals surface area (Å²) >= 11 is 1.20. The maximum Gasteiger partial charge on any atom is 0.287 e. The van der Waals surface area contributed by atoms with Gasteiger partial charge in [0.05, 0.1) is 22.8 Å². The van der Waals surface area contributed by atoms with E-state index in [1.54, 1.807) is 31.4 Å². The Morgan fingerprint density at radius 2 is 2.23 bits per heavy atom. The van der Waals surface area contributed by atoms with Crippen molar-refractivity contribution in [2.24, 2.45) is 0 Å². The molecule has 0 atom stereocenters. The number of nitrogens with one attached hydrogen (secondary N) is 1. The quantitative estimate of drug-likeness (QED) is 0.500. The van der Waals surface area contributed by atoms with E-state index in [1.807, 2.05) is 0 Å². The van der Waals surface area contributed by atoms with Gasteiger partial charge in [0, 0.05) is 17.8 Å². The fourth-order valence-corrected chi connectivity index (χ4v) is 2.25. The first-order valence-electron chi connectivity index (χ1n) is 6.25. The SMILES string of the molecule is COc1cccc(NC(=O)CSc2ccc([N+](=O)[O-])cn2)c1. The van der Waals surface area contributed by atoms with Gasteiger partial charge in [-0.15, -0.1) is 0 Å². The van der Waals surface area contributed by atoms with Gasteiger partial charge in [0.2, 0.25) is 5.91 Å². The fraction of sp³-hybridized carbons (Fsp3) is 0.143. The number of benzene rings is 1. The van der Waals surface area contributed by atoms with Crippen molar-refractivity contribution in [3.05, 3.63) is 52.7 Å². The van der Waals surface area contributed by atoms with Gasteiger partial charge in [-0.05, 0) is 18.2 Å².